The Bertz CT molecular complexity index is 388. The summed E-state index contributed by atoms with van der Waals surface area (Å²) in [5.74, 6) is 0.910. The third kappa shape index (κ3) is 1.93. The van der Waals surface area contributed by atoms with E-state index < -0.39 is 6.10 Å². The van der Waals surface area contributed by atoms with Gasteiger partial charge in [-0.05, 0) is 18.4 Å². The Kier molecular flexibility index (Phi) is 2.58. The van der Waals surface area contributed by atoms with Gasteiger partial charge in [0.15, 0.2) is 0 Å². The normalized spacial score (nSPS) is 20.3. The van der Waals surface area contributed by atoms with Gasteiger partial charge < -0.3 is 15.2 Å². The molecule has 3 nitrogen and oxygen atoms in total. The van der Waals surface area contributed by atoms with Crippen LogP contribution in [0.25, 0.3) is 0 Å². The molecule has 2 aliphatic rings. The van der Waals surface area contributed by atoms with Gasteiger partial charge in [0.05, 0.1) is 12.7 Å². The van der Waals surface area contributed by atoms with Gasteiger partial charge in [0.25, 0.3) is 0 Å². The highest BCUT2D eigenvalue weighted by molar-refractivity contribution is 5.45. The van der Waals surface area contributed by atoms with Crippen molar-refractivity contribution in [2.24, 2.45) is 0 Å². The number of aliphatic hydroxyl groups is 1. The first kappa shape index (κ1) is 10.1. The Morgan fingerprint density at radius 1 is 1.44 bits per heavy atom. The van der Waals surface area contributed by atoms with Crippen molar-refractivity contribution in [3.8, 4) is 5.75 Å². The molecule has 1 aliphatic carbocycles. The van der Waals surface area contributed by atoms with Crippen molar-refractivity contribution in [2.45, 2.75) is 31.4 Å². The fourth-order valence-corrected chi connectivity index (χ4v) is 2.18. The third-order valence-electron chi connectivity index (χ3n) is 3.28. The number of ether oxygens (including phenoxy) is 1. The number of benzene rings is 1. The average molecular weight is 219 g/mol. The van der Waals surface area contributed by atoms with Crippen LogP contribution in [-0.2, 0) is 6.42 Å². The second-order valence-corrected chi connectivity index (χ2v) is 4.63. The predicted octanol–water partition coefficient (Wildman–Crippen LogP) is 1.41. The molecule has 0 radical (unpaired) electrons. The smallest absolute Gasteiger partial charge is 0.128 e. The molecule has 0 amide bonds. The SMILES string of the molecule is OC(CNC1CC1)c1cccc2c1OCC2. The summed E-state index contributed by atoms with van der Waals surface area (Å²) in [4.78, 5) is 0. The van der Waals surface area contributed by atoms with Gasteiger partial charge in [-0.15, -0.1) is 0 Å². The van der Waals surface area contributed by atoms with E-state index >= 15 is 0 Å². The van der Waals surface area contributed by atoms with Crippen LogP contribution in [-0.4, -0.2) is 24.3 Å². The van der Waals surface area contributed by atoms with E-state index in [1.54, 1.807) is 0 Å². The molecule has 1 aromatic rings. The van der Waals surface area contributed by atoms with Gasteiger partial charge in [-0.25, -0.2) is 0 Å². The minimum absolute atomic E-state index is 0.450. The minimum Gasteiger partial charge on any atom is -0.493 e. The van der Waals surface area contributed by atoms with Crippen LogP contribution >= 0.6 is 0 Å². The van der Waals surface area contributed by atoms with Crippen LogP contribution in [0.3, 0.4) is 0 Å². The highest BCUT2D eigenvalue weighted by Crippen LogP contribution is 2.33. The maximum atomic E-state index is 10.1. The summed E-state index contributed by atoms with van der Waals surface area (Å²) in [6.07, 6.45) is 3.01. The monoisotopic (exact) mass is 219 g/mol. The van der Waals surface area contributed by atoms with Crippen molar-refractivity contribution in [3.05, 3.63) is 29.3 Å². The molecule has 0 bridgehead atoms. The highest BCUT2D eigenvalue weighted by atomic mass is 16.5. The first-order valence-electron chi connectivity index (χ1n) is 6.00. The van der Waals surface area contributed by atoms with E-state index in [4.69, 9.17) is 4.74 Å². The molecule has 1 unspecified atom stereocenters. The molecule has 2 N–H and O–H groups in total. The second-order valence-electron chi connectivity index (χ2n) is 4.63. The van der Waals surface area contributed by atoms with Crippen LogP contribution in [0, 0.1) is 0 Å². The summed E-state index contributed by atoms with van der Waals surface area (Å²) < 4.78 is 5.59. The fraction of sp³-hybridized carbons (Fsp3) is 0.538. The predicted molar refractivity (Wildman–Crippen MR) is 61.6 cm³/mol. The lowest BCUT2D eigenvalue weighted by Gasteiger charge is -2.15. The van der Waals surface area contributed by atoms with E-state index in [2.05, 4.69) is 11.4 Å². The van der Waals surface area contributed by atoms with Crippen molar-refractivity contribution < 1.29 is 9.84 Å². The molecule has 0 aromatic heterocycles. The van der Waals surface area contributed by atoms with Gasteiger partial charge in [0.2, 0.25) is 0 Å². The number of fused-ring (bicyclic) bond motifs is 1. The molecule has 16 heavy (non-hydrogen) atoms. The number of para-hydroxylation sites is 1. The number of aliphatic hydroxyl groups excluding tert-OH is 1. The number of hydrogen-bond acceptors (Lipinski definition) is 3. The summed E-state index contributed by atoms with van der Waals surface area (Å²) in [5.41, 5.74) is 2.16. The van der Waals surface area contributed by atoms with Crippen LogP contribution in [0.2, 0.25) is 0 Å². The summed E-state index contributed by atoms with van der Waals surface area (Å²) >= 11 is 0. The van der Waals surface area contributed by atoms with Gasteiger partial charge in [0, 0.05) is 24.6 Å². The van der Waals surface area contributed by atoms with Crippen molar-refractivity contribution in [2.75, 3.05) is 13.2 Å². The minimum atomic E-state index is -0.450. The highest BCUT2D eigenvalue weighted by Gasteiger charge is 2.24. The summed E-state index contributed by atoms with van der Waals surface area (Å²) in [5, 5.41) is 13.5. The van der Waals surface area contributed by atoms with Crippen molar-refractivity contribution >= 4 is 0 Å². The van der Waals surface area contributed by atoms with Crippen LogP contribution in [0.5, 0.6) is 5.75 Å². The number of rotatable bonds is 4. The molecule has 3 rings (SSSR count). The molecule has 3 heteroatoms. The van der Waals surface area contributed by atoms with E-state index in [1.165, 1.54) is 18.4 Å². The summed E-state index contributed by atoms with van der Waals surface area (Å²) in [6.45, 7) is 1.37. The van der Waals surface area contributed by atoms with Crippen LogP contribution in [0.4, 0.5) is 0 Å². The van der Waals surface area contributed by atoms with E-state index in [0.29, 0.717) is 12.6 Å². The zero-order chi connectivity index (χ0) is 11.0. The first-order valence-corrected chi connectivity index (χ1v) is 6.00. The van der Waals surface area contributed by atoms with Crippen LogP contribution in [0.15, 0.2) is 18.2 Å². The van der Waals surface area contributed by atoms with Crippen molar-refractivity contribution in [3.63, 3.8) is 0 Å². The first-order chi connectivity index (χ1) is 7.84. The van der Waals surface area contributed by atoms with E-state index in [9.17, 15) is 5.11 Å². The lowest BCUT2D eigenvalue weighted by Crippen LogP contribution is -2.23. The molecule has 1 heterocycles. The van der Waals surface area contributed by atoms with E-state index in [0.717, 1.165) is 24.3 Å². The molecule has 0 spiro atoms. The molecule has 0 saturated heterocycles. The molecule has 86 valence electrons. The standard InChI is InChI=1S/C13H17NO2/c15-12(8-14-10-4-5-10)11-3-1-2-9-6-7-16-13(9)11/h1-3,10,12,14-15H,4-8H2. The van der Waals surface area contributed by atoms with Gasteiger partial charge in [-0.2, -0.15) is 0 Å². The number of hydrogen-bond donors (Lipinski definition) is 2. The lowest BCUT2D eigenvalue weighted by molar-refractivity contribution is 0.169. The maximum Gasteiger partial charge on any atom is 0.128 e. The fourth-order valence-electron chi connectivity index (χ4n) is 2.18. The van der Waals surface area contributed by atoms with Crippen molar-refractivity contribution in [1.82, 2.24) is 5.32 Å². The number of nitrogens with one attached hydrogen (secondary N) is 1. The molecule has 1 fully saturated rings. The Labute approximate surface area is 95.4 Å². The van der Waals surface area contributed by atoms with Gasteiger partial charge >= 0.3 is 0 Å². The molecule has 1 aromatic carbocycles. The van der Waals surface area contributed by atoms with Gasteiger partial charge in [-0.3, -0.25) is 0 Å². The Balaban J connectivity index is 1.74. The third-order valence-corrected chi connectivity index (χ3v) is 3.28. The molecular formula is C13H17NO2. The van der Waals surface area contributed by atoms with Crippen molar-refractivity contribution in [1.29, 1.82) is 0 Å². The molecule has 1 saturated carbocycles. The quantitative estimate of drug-likeness (QED) is 0.804. The maximum absolute atomic E-state index is 10.1. The lowest BCUT2D eigenvalue weighted by atomic mass is 10.0. The Hall–Kier alpha value is -1.06. The second kappa shape index (κ2) is 4.07. The topological polar surface area (TPSA) is 41.5 Å². The molecular weight excluding hydrogens is 202 g/mol. The zero-order valence-corrected chi connectivity index (χ0v) is 9.28. The van der Waals surface area contributed by atoms with Crippen LogP contribution < -0.4 is 10.1 Å². The van der Waals surface area contributed by atoms with Gasteiger partial charge in [-0.1, -0.05) is 18.2 Å². The Morgan fingerprint density at radius 2 is 2.31 bits per heavy atom. The molecule has 1 aliphatic heterocycles. The largest absolute Gasteiger partial charge is 0.493 e. The average Bonchev–Trinajstić information content (AvgIpc) is 3.01. The van der Waals surface area contributed by atoms with Gasteiger partial charge in [0.1, 0.15) is 5.75 Å². The molecule has 1 atom stereocenters. The van der Waals surface area contributed by atoms with E-state index in [-0.39, 0.29) is 0 Å². The Morgan fingerprint density at radius 3 is 3.12 bits per heavy atom. The summed E-state index contributed by atoms with van der Waals surface area (Å²) in [6, 6.07) is 6.67. The van der Waals surface area contributed by atoms with Crippen LogP contribution in [0.1, 0.15) is 30.1 Å². The zero-order valence-electron chi connectivity index (χ0n) is 9.28. The summed E-state index contributed by atoms with van der Waals surface area (Å²) in [7, 11) is 0. The van der Waals surface area contributed by atoms with E-state index in [1.807, 2.05) is 12.1 Å².